The van der Waals surface area contributed by atoms with Crippen LogP contribution in [0.1, 0.15) is 27.7 Å². The summed E-state index contributed by atoms with van der Waals surface area (Å²) in [6, 6.07) is 0. The summed E-state index contributed by atoms with van der Waals surface area (Å²) in [5.41, 5.74) is 0. The number of hydrogen-bond acceptors (Lipinski definition) is 10. The van der Waals surface area contributed by atoms with Crippen molar-refractivity contribution in [3.63, 3.8) is 0 Å². The van der Waals surface area contributed by atoms with Crippen LogP contribution in [0.5, 0.6) is 0 Å². The molecular weight excluding hydrogens is 435 g/mol. The molecule has 0 bridgehead atoms. The van der Waals surface area contributed by atoms with Crippen molar-refractivity contribution in [3.05, 3.63) is 0 Å². The van der Waals surface area contributed by atoms with E-state index in [1.165, 1.54) is 0 Å². The van der Waals surface area contributed by atoms with Crippen molar-refractivity contribution in [2.24, 2.45) is 0 Å². The van der Waals surface area contributed by atoms with E-state index in [0.29, 0.717) is 27.7 Å². The summed E-state index contributed by atoms with van der Waals surface area (Å²) >= 11 is 0. The molecule has 0 radical (unpaired) electrons. The third-order valence-electron chi connectivity index (χ3n) is 4.47. The molecule has 5 unspecified atom stereocenters. The predicted octanol–water partition coefficient (Wildman–Crippen LogP) is -3.98. The zero-order valence-corrected chi connectivity index (χ0v) is 18.8. The van der Waals surface area contributed by atoms with Crippen LogP contribution in [0.15, 0.2) is 0 Å². The summed E-state index contributed by atoms with van der Waals surface area (Å²) < 4.78 is 0. The van der Waals surface area contributed by atoms with Crippen LogP contribution < -0.4 is 0 Å². The minimum absolute atomic E-state index is 0. The van der Waals surface area contributed by atoms with E-state index in [4.69, 9.17) is 5.11 Å². The third-order valence-corrected chi connectivity index (χ3v) is 10.7. The predicted molar refractivity (Wildman–Crippen MR) is 97.8 cm³/mol. The van der Waals surface area contributed by atoms with E-state index >= 15 is 0 Å². The first-order valence-electron chi connectivity index (χ1n) is 7.18. The fraction of sp³-hybridized carbons (Fsp3) is 0.643. The molecule has 154 valence electrons. The third kappa shape index (κ3) is 3.45. The molecule has 0 amide bonds. The van der Waals surface area contributed by atoms with Crippen LogP contribution in [0.2, 0.25) is 0 Å². The van der Waals surface area contributed by atoms with E-state index in [1.807, 2.05) is 0 Å². The van der Waals surface area contributed by atoms with Crippen LogP contribution in [0.25, 0.3) is 0 Å². The number of carbonyl (C=O) groups is 5. The summed E-state index contributed by atoms with van der Waals surface area (Å²) in [5, 5.41) is 40.4. The quantitative estimate of drug-likeness (QED) is 0.174. The van der Waals surface area contributed by atoms with Crippen LogP contribution in [-0.4, -0.2) is 100 Å². The Morgan fingerprint density at radius 2 is 1.04 bits per heavy atom. The molecule has 0 heterocycles. The first kappa shape index (κ1) is 27.3. The topological polar surface area (TPSA) is 186 Å². The molecule has 0 aliphatic heterocycles. The Morgan fingerprint density at radius 3 is 1.27 bits per heavy atom. The number of hydrogen-bond donors (Lipinski definition) is 6. The van der Waals surface area contributed by atoms with Gasteiger partial charge in [0.15, 0.2) is 20.5 Å². The number of aliphatic hydroxyl groups is 5. The van der Waals surface area contributed by atoms with Gasteiger partial charge < -0.3 is 25.5 Å². The van der Waals surface area contributed by atoms with Gasteiger partial charge in [0.1, 0.15) is 24.4 Å². The average molecular weight is 462 g/mol. The van der Waals surface area contributed by atoms with Crippen LogP contribution in [-0.2, 0) is 24.0 Å². The van der Waals surface area contributed by atoms with Gasteiger partial charge in [-0.1, -0.05) is 0 Å². The Morgan fingerprint density at radius 1 is 0.731 bits per heavy atom. The molecule has 0 rings (SSSR count). The van der Waals surface area contributed by atoms with Crippen molar-refractivity contribution in [2.45, 2.75) is 52.1 Å². The molecule has 0 aromatic rings. The normalized spacial score (nSPS) is 17.5. The second-order valence-corrected chi connectivity index (χ2v) is 10.9. The number of rotatable bonds is 5. The fourth-order valence-corrected chi connectivity index (χ4v) is 7.47. The van der Waals surface area contributed by atoms with Gasteiger partial charge in [0.25, 0.3) is 0 Å². The summed E-state index contributed by atoms with van der Waals surface area (Å²) in [4.78, 5) is 61.9. The van der Waals surface area contributed by atoms with Gasteiger partial charge in [-0.3, -0.25) is 24.0 Å². The molecule has 26 heavy (non-hydrogen) atoms. The molecule has 0 aliphatic carbocycles. The molecule has 0 aliphatic rings. The van der Waals surface area contributed by atoms with E-state index in [2.05, 4.69) is 0 Å². The van der Waals surface area contributed by atoms with Gasteiger partial charge in [-0.15, -0.1) is 0 Å². The Labute approximate surface area is 161 Å². The maximum atomic E-state index is 12.8. The van der Waals surface area contributed by atoms with Crippen LogP contribution in [0.4, 0.5) is 0 Å². The number of carbonyl (C=O) groups excluding carboxylic acids is 5. The summed E-state index contributed by atoms with van der Waals surface area (Å²) in [7, 11) is -5.84. The molecule has 5 atom stereocenters. The zero-order chi connectivity index (χ0) is 20.4. The van der Waals surface area contributed by atoms with Gasteiger partial charge in [0, 0.05) is 27.7 Å². The van der Waals surface area contributed by atoms with E-state index in [9.17, 15) is 44.4 Å². The first-order valence-corrected chi connectivity index (χ1v) is 9.42. The molecule has 12 heteroatoms. The molecule has 0 aromatic carbocycles. The molecule has 0 spiro atoms. The molecule has 10 nitrogen and oxygen atoms in total. The van der Waals surface area contributed by atoms with E-state index in [-0.39, 0.29) is 18.0 Å². The molecule has 0 aromatic heterocycles. The minimum atomic E-state index is -5.84. The van der Waals surface area contributed by atoms with Crippen molar-refractivity contribution in [2.75, 3.05) is 6.61 Å². The van der Waals surface area contributed by atoms with E-state index in [0.717, 1.165) is 0 Å². The van der Waals surface area contributed by atoms with Crippen molar-refractivity contribution < 1.29 is 49.5 Å². The zero-order valence-electron chi connectivity index (χ0n) is 14.9. The van der Waals surface area contributed by atoms with Gasteiger partial charge >= 0.3 is 18.0 Å². The molecular formula is C14H27AsO10S. The first-order chi connectivity index (χ1) is 11.2. The molecule has 0 saturated carbocycles. The van der Waals surface area contributed by atoms with Crippen LogP contribution >= 0.6 is 9.16 Å². The SMILES string of the molecule is CC(=O)[SH](C(C)=O)(C(C)=O)(C(C)=O)C(=O)C(O)C(O)C(O)C(O)CO.[AsH3]. The van der Waals surface area contributed by atoms with Crippen molar-refractivity contribution in [3.8, 4) is 0 Å². The van der Waals surface area contributed by atoms with Crippen molar-refractivity contribution in [1.82, 2.24) is 0 Å². The van der Waals surface area contributed by atoms with Gasteiger partial charge in [0.05, 0.1) is 6.61 Å². The fourth-order valence-electron chi connectivity index (χ4n) is 2.88. The second-order valence-electron chi connectivity index (χ2n) is 5.71. The standard InChI is InChI=1S/C14H24O10S.AsH3/c1-6(16)25(7(2)17,8(3)18,9(4)19)14(24)13(23)12(22)11(21)10(20)5-15;/h10-13,15,20-23,25H,5H2,1-4H3;1H3. The Kier molecular flexibility index (Phi) is 9.77. The van der Waals surface area contributed by atoms with Gasteiger partial charge in [-0.05, 0) is 9.16 Å². The van der Waals surface area contributed by atoms with Crippen molar-refractivity contribution in [1.29, 1.82) is 0 Å². The number of aliphatic hydroxyl groups excluding tert-OH is 5. The van der Waals surface area contributed by atoms with Crippen LogP contribution in [0, 0.1) is 0 Å². The molecule has 5 N–H and O–H groups in total. The summed E-state index contributed by atoms with van der Waals surface area (Å²) in [6.07, 6.45) is -9.38. The molecule has 0 fully saturated rings. The van der Waals surface area contributed by atoms with Gasteiger partial charge in [-0.2, -0.15) is 0 Å². The maximum absolute atomic E-state index is 12.8. The van der Waals surface area contributed by atoms with E-state index in [1.54, 1.807) is 0 Å². The summed E-state index contributed by atoms with van der Waals surface area (Å²) in [6.45, 7) is 1.73. The van der Waals surface area contributed by atoms with Gasteiger partial charge in [0.2, 0.25) is 5.12 Å². The monoisotopic (exact) mass is 462 g/mol. The van der Waals surface area contributed by atoms with E-state index < -0.39 is 65.8 Å². The van der Waals surface area contributed by atoms with Crippen molar-refractivity contribution >= 4 is 52.7 Å². The Balaban J connectivity index is 0. The summed E-state index contributed by atoms with van der Waals surface area (Å²) in [5.74, 6) is 0. The van der Waals surface area contributed by atoms with Crippen LogP contribution in [0.3, 0.4) is 0 Å². The second kappa shape index (κ2) is 9.31. The average Bonchev–Trinajstić information content (AvgIpc) is 2.51. The Hall–Kier alpha value is -0.942. The number of thiol groups is 1. The Bertz CT molecular complexity index is 551. The molecule has 0 saturated heterocycles. The van der Waals surface area contributed by atoms with Gasteiger partial charge in [-0.25, -0.2) is 0 Å².